The van der Waals surface area contributed by atoms with Crippen molar-refractivity contribution in [3.8, 4) is 11.5 Å². The molecule has 0 saturated heterocycles. The molecule has 11 heteroatoms. The van der Waals surface area contributed by atoms with E-state index in [1.807, 2.05) is 32.0 Å². The average molecular weight is 591 g/mol. The van der Waals surface area contributed by atoms with Crippen molar-refractivity contribution in [1.29, 1.82) is 0 Å². The van der Waals surface area contributed by atoms with E-state index < -0.39 is 20.9 Å². The number of rotatable bonds is 15. The van der Waals surface area contributed by atoms with Gasteiger partial charge in [0.2, 0.25) is 15.9 Å². The molecule has 10 nitrogen and oxygen atoms in total. The van der Waals surface area contributed by atoms with E-state index in [4.69, 9.17) is 18.6 Å². The van der Waals surface area contributed by atoms with Crippen molar-refractivity contribution in [2.24, 2.45) is 16.7 Å². The summed E-state index contributed by atoms with van der Waals surface area (Å²) in [6, 6.07) is 9.10. The molecule has 0 aliphatic heterocycles. The van der Waals surface area contributed by atoms with E-state index in [0.717, 1.165) is 12.0 Å². The molecule has 2 unspecified atom stereocenters. The Labute approximate surface area is 243 Å². The number of fused-ring (bicyclic) bond motifs is 2. The number of sulfonamides is 1. The van der Waals surface area contributed by atoms with Crippen LogP contribution < -0.4 is 9.47 Å². The highest BCUT2D eigenvalue weighted by Crippen LogP contribution is 2.64. The first-order chi connectivity index (χ1) is 19.5. The first-order valence-electron chi connectivity index (χ1n) is 14.0. The Bertz CT molecular complexity index is 1320. The van der Waals surface area contributed by atoms with Crippen LogP contribution in [0.1, 0.15) is 44.4 Å². The molecule has 0 N–H and O–H groups in total. The summed E-state index contributed by atoms with van der Waals surface area (Å²) >= 11 is 0. The molecule has 0 radical (unpaired) electrons. The molecule has 1 aromatic heterocycles. The highest BCUT2D eigenvalue weighted by Gasteiger charge is 2.65. The summed E-state index contributed by atoms with van der Waals surface area (Å²) in [5, 5.41) is 0. The highest BCUT2D eigenvalue weighted by atomic mass is 32.2. The third kappa shape index (κ3) is 6.32. The lowest BCUT2D eigenvalue weighted by Gasteiger charge is -2.37. The molecule has 2 bridgehead atoms. The Kier molecular flexibility index (Phi) is 9.50. The van der Waals surface area contributed by atoms with Gasteiger partial charge in [0.1, 0.15) is 11.5 Å². The van der Waals surface area contributed by atoms with Crippen LogP contribution in [0.5, 0.6) is 11.5 Å². The van der Waals surface area contributed by atoms with Gasteiger partial charge in [0.25, 0.3) is 0 Å². The van der Waals surface area contributed by atoms with Gasteiger partial charge in [0.05, 0.1) is 45.9 Å². The second-order valence-corrected chi connectivity index (χ2v) is 13.6. The van der Waals surface area contributed by atoms with Crippen molar-refractivity contribution in [2.75, 3.05) is 53.3 Å². The molecule has 2 saturated carbocycles. The SMILES string of the molecule is COCCN(CC(=O)N(CCc1ccc(OC)c(OC)c1)Cc1ccco1)S(=O)(=O)CC12CCC(CC1=O)C2(C)C. The van der Waals surface area contributed by atoms with Gasteiger partial charge < -0.3 is 23.5 Å². The second-order valence-electron chi connectivity index (χ2n) is 11.6. The Morgan fingerprint density at radius 1 is 1.10 bits per heavy atom. The van der Waals surface area contributed by atoms with E-state index in [9.17, 15) is 18.0 Å². The molecule has 2 fully saturated rings. The summed E-state index contributed by atoms with van der Waals surface area (Å²) in [6.45, 7) is 4.32. The third-order valence-corrected chi connectivity index (χ3v) is 11.2. The summed E-state index contributed by atoms with van der Waals surface area (Å²) in [5.74, 6) is 1.35. The zero-order valence-electron chi connectivity index (χ0n) is 24.7. The molecule has 226 valence electrons. The van der Waals surface area contributed by atoms with Crippen LogP contribution in [0.15, 0.2) is 41.0 Å². The molecule has 1 heterocycles. The number of carbonyl (C=O) groups is 2. The van der Waals surface area contributed by atoms with Crippen molar-refractivity contribution in [2.45, 2.75) is 46.1 Å². The van der Waals surface area contributed by atoms with E-state index in [2.05, 4.69) is 0 Å². The first-order valence-corrected chi connectivity index (χ1v) is 15.6. The normalized spacial score (nSPS) is 21.4. The van der Waals surface area contributed by atoms with Crippen LogP contribution in [-0.4, -0.2) is 82.6 Å². The minimum atomic E-state index is -3.97. The molecule has 2 aliphatic carbocycles. The molecule has 41 heavy (non-hydrogen) atoms. The van der Waals surface area contributed by atoms with Gasteiger partial charge in [0.15, 0.2) is 11.5 Å². The maximum Gasteiger partial charge on any atom is 0.238 e. The molecule has 2 atom stereocenters. The van der Waals surface area contributed by atoms with Crippen molar-refractivity contribution >= 4 is 21.7 Å². The van der Waals surface area contributed by atoms with Crippen LogP contribution in [0, 0.1) is 16.7 Å². The summed E-state index contributed by atoms with van der Waals surface area (Å²) in [5.41, 5.74) is -0.397. The van der Waals surface area contributed by atoms with Crippen molar-refractivity contribution < 1.29 is 36.6 Å². The Morgan fingerprint density at radius 3 is 2.44 bits per heavy atom. The number of amides is 1. The number of benzene rings is 1. The predicted octanol–water partition coefficient (Wildman–Crippen LogP) is 3.54. The van der Waals surface area contributed by atoms with E-state index in [1.54, 1.807) is 31.3 Å². The Balaban J connectivity index is 1.54. The fourth-order valence-electron chi connectivity index (χ4n) is 6.45. The van der Waals surface area contributed by atoms with Gasteiger partial charge in [-0.15, -0.1) is 0 Å². The smallest absolute Gasteiger partial charge is 0.238 e. The predicted molar refractivity (Wildman–Crippen MR) is 153 cm³/mol. The number of ketones is 1. The fourth-order valence-corrected chi connectivity index (χ4v) is 8.60. The van der Waals surface area contributed by atoms with Gasteiger partial charge in [-0.25, -0.2) is 8.42 Å². The van der Waals surface area contributed by atoms with Crippen LogP contribution in [0.4, 0.5) is 0 Å². The number of hydrogen-bond donors (Lipinski definition) is 0. The number of nitrogens with zero attached hydrogens (tertiary/aromatic N) is 2. The van der Waals surface area contributed by atoms with Gasteiger partial charge in [-0.2, -0.15) is 4.31 Å². The Morgan fingerprint density at radius 2 is 1.85 bits per heavy atom. The molecule has 1 amide bonds. The summed E-state index contributed by atoms with van der Waals surface area (Å²) in [7, 11) is 0.653. The lowest BCUT2D eigenvalue weighted by molar-refractivity contribution is -0.132. The molecule has 4 rings (SSSR count). The molecule has 0 spiro atoms. The van der Waals surface area contributed by atoms with Crippen LogP contribution in [-0.2, 0) is 37.3 Å². The zero-order valence-corrected chi connectivity index (χ0v) is 25.5. The number of hydrogen-bond acceptors (Lipinski definition) is 8. The zero-order chi connectivity index (χ0) is 29.8. The maximum absolute atomic E-state index is 13.9. The molecule has 2 aromatic rings. The van der Waals surface area contributed by atoms with E-state index in [1.165, 1.54) is 17.7 Å². The first kappa shape index (κ1) is 31.1. The number of furan rings is 1. The van der Waals surface area contributed by atoms with Crippen molar-refractivity contribution in [1.82, 2.24) is 9.21 Å². The number of carbonyl (C=O) groups excluding carboxylic acids is 2. The maximum atomic E-state index is 13.9. The Hall–Kier alpha value is -2.89. The topological polar surface area (TPSA) is 116 Å². The number of Topliss-reactive ketones (excluding diaryl/α,β-unsaturated/α-hetero) is 1. The molecule has 2 aliphatic rings. The lowest BCUT2D eigenvalue weighted by Crippen LogP contribution is -2.50. The summed E-state index contributed by atoms with van der Waals surface area (Å²) in [4.78, 5) is 28.4. The van der Waals surface area contributed by atoms with Crippen LogP contribution in [0.25, 0.3) is 0 Å². The number of ether oxygens (including phenoxy) is 3. The minimum Gasteiger partial charge on any atom is -0.493 e. The number of methoxy groups -OCH3 is 3. The fraction of sp³-hybridized carbons (Fsp3) is 0.600. The minimum absolute atomic E-state index is 0.0168. The van der Waals surface area contributed by atoms with Gasteiger partial charge >= 0.3 is 0 Å². The van der Waals surface area contributed by atoms with E-state index >= 15 is 0 Å². The highest BCUT2D eigenvalue weighted by molar-refractivity contribution is 7.89. The molecular formula is C30H42N2O8S. The molecule has 1 aromatic carbocycles. The van der Waals surface area contributed by atoms with Gasteiger partial charge in [-0.3, -0.25) is 9.59 Å². The van der Waals surface area contributed by atoms with Gasteiger partial charge in [-0.05, 0) is 60.4 Å². The quantitative estimate of drug-likeness (QED) is 0.309. The monoisotopic (exact) mass is 590 g/mol. The van der Waals surface area contributed by atoms with Crippen molar-refractivity contribution in [3.63, 3.8) is 0 Å². The largest absolute Gasteiger partial charge is 0.493 e. The van der Waals surface area contributed by atoms with Crippen LogP contribution >= 0.6 is 0 Å². The summed E-state index contributed by atoms with van der Waals surface area (Å²) < 4.78 is 50.4. The average Bonchev–Trinajstić information content (AvgIpc) is 3.59. The summed E-state index contributed by atoms with van der Waals surface area (Å²) in [6.07, 6.45) is 3.87. The molecular weight excluding hydrogens is 548 g/mol. The van der Waals surface area contributed by atoms with Gasteiger partial charge in [-0.1, -0.05) is 19.9 Å². The standard InChI is InChI=1S/C30H42N2O8S/c1-29(2)23-10-12-30(29,27(33)18-23)21-41(35,36)32(14-16-37-3)20-28(34)31(19-24-7-6-15-40-24)13-11-22-8-9-25(38-4)26(17-22)39-5/h6-9,15,17,23H,10-14,16,18-21H2,1-5H3. The third-order valence-electron chi connectivity index (χ3n) is 9.22. The van der Waals surface area contributed by atoms with Crippen molar-refractivity contribution in [3.05, 3.63) is 47.9 Å². The van der Waals surface area contributed by atoms with Crippen LogP contribution in [0.2, 0.25) is 0 Å². The van der Waals surface area contributed by atoms with E-state index in [-0.39, 0.29) is 49.6 Å². The van der Waals surface area contributed by atoms with Gasteiger partial charge in [0, 0.05) is 32.0 Å². The lowest BCUT2D eigenvalue weighted by atomic mass is 9.70. The second kappa shape index (κ2) is 12.5. The van der Waals surface area contributed by atoms with Crippen LogP contribution in [0.3, 0.4) is 0 Å². The van der Waals surface area contributed by atoms with E-state index in [0.29, 0.717) is 43.1 Å².